The van der Waals surface area contributed by atoms with Crippen LogP contribution in [0, 0.1) is 0 Å². The number of H-pyrrole nitrogens is 1. The van der Waals surface area contributed by atoms with Crippen LogP contribution in [0.15, 0.2) is 28.9 Å². The van der Waals surface area contributed by atoms with Gasteiger partial charge >= 0.3 is 5.97 Å². The van der Waals surface area contributed by atoms with Crippen LogP contribution in [0.25, 0.3) is 10.9 Å². The number of aliphatic carboxylic acids is 1. The van der Waals surface area contributed by atoms with Gasteiger partial charge in [-0.2, -0.15) is 0 Å². The highest BCUT2D eigenvalue weighted by Gasteiger charge is 2.09. The number of nitrogens with one attached hydrogen (secondary N) is 1. The van der Waals surface area contributed by atoms with Gasteiger partial charge in [-0.25, -0.2) is 0 Å². The van der Waals surface area contributed by atoms with Crippen LogP contribution in [0.2, 0.25) is 0 Å². The van der Waals surface area contributed by atoms with Gasteiger partial charge < -0.3 is 10.1 Å². The van der Waals surface area contributed by atoms with E-state index in [0.29, 0.717) is 6.42 Å². The summed E-state index contributed by atoms with van der Waals surface area (Å²) in [6.45, 7) is 0. The predicted octanol–water partition coefficient (Wildman–Crippen LogP) is 2.95. The molecule has 0 unspecified atom stereocenters. The molecule has 0 radical (unpaired) electrons. The zero-order chi connectivity index (χ0) is 10.8. The summed E-state index contributed by atoms with van der Waals surface area (Å²) in [6.07, 6.45) is 0.695. The summed E-state index contributed by atoms with van der Waals surface area (Å²) < 4.78 is 0.880. The topological polar surface area (TPSA) is 53.1 Å². The third-order valence-corrected chi connectivity index (χ3v) is 3.03. The van der Waals surface area contributed by atoms with Gasteiger partial charge in [0, 0.05) is 17.3 Å². The molecule has 4 heteroatoms. The molecule has 0 spiro atoms. The van der Waals surface area contributed by atoms with Crippen molar-refractivity contribution in [3.05, 3.63) is 34.4 Å². The highest BCUT2D eigenvalue weighted by Crippen LogP contribution is 2.27. The Labute approximate surface area is 95.2 Å². The van der Waals surface area contributed by atoms with E-state index in [0.717, 1.165) is 21.1 Å². The fraction of sp³-hybridized carbons (Fsp3) is 0.182. The number of para-hydroxylation sites is 1. The number of halogens is 1. The molecule has 1 aromatic heterocycles. The minimum atomic E-state index is -0.771. The molecule has 0 aliphatic carbocycles. The number of hydrogen-bond acceptors (Lipinski definition) is 1. The second-order valence-corrected chi connectivity index (χ2v) is 4.15. The SMILES string of the molecule is O=C(O)CCc1c(Br)[nH]c2ccccc12. The normalized spacial score (nSPS) is 10.7. The molecule has 1 heterocycles. The lowest BCUT2D eigenvalue weighted by molar-refractivity contribution is -0.136. The first kappa shape index (κ1) is 10.2. The van der Waals surface area contributed by atoms with E-state index in [4.69, 9.17) is 5.11 Å². The third kappa shape index (κ3) is 2.04. The van der Waals surface area contributed by atoms with E-state index in [1.165, 1.54) is 0 Å². The van der Waals surface area contributed by atoms with Crippen molar-refractivity contribution in [3.63, 3.8) is 0 Å². The van der Waals surface area contributed by atoms with Crippen molar-refractivity contribution in [1.82, 2.24) is 4.98 Å². The van der Waals surface area contributed by atoms with Crippen molar-refractivity contribution in [2.45, 2.75) is 12.8 Å². The predicted molar refractivity (Wildman–Crippen MR) is 62.0 cm³/mol. The van der Waals surface area contributed by atoms with Crippen molar-refractivity contribution in [2.75, 3.05) is 0 Å². The molecule has 0 saturated carbocycles. The molecule has 1 aromatic carbocycles. The molecule has 0 saturated heterocycles. The van der Waals surface area contributed by atoms with Crippen molar-refractivity contribution in [1.29, 1.82) is 0 Å². The summed E-state index contributed by atoms with van der Waals surface area (Å²) >= 11 is 3.41. The second kappa shape index (κ2) is 4.06. The van der Waals surface area contributed by atoms with Gasteiger partial charge in [0.2, 0.25) is 0 Å². The van der Waals surface area contributed by atoms with E-state index in [1.54, 1.807) is 0 Å². The van der Waals surface area contributed by atoms with Crippen molar-refractivity contribution < 1.29 is 9.90 Å². The molecule has 78 valence electrons. The van der Waals surface area contributed by atoms with Gasteiger partial charge in [-0.1, -0.05) is 18.2 Å². The molecule has 2 rings (SSSR count). The number of fused-ring (bicyclic) bond motifs is 1. The van der Waals surface area contributed by atoms with Gasteiger partial charge in [0.05, 0.1) is 4.60 Å². The van der Waals surface area contributed by atoms with Crippen molar-refractivity contribution >= 4 is 32.8 Å². The van der Waals surface area contributed by atoms with Crippen LogP contribution in [0.4, 0.5) is 0 Å². The monoisotopic (exact) mass is 267 g/mol. The number of carboxylic acids is 1. The number of aromatic amines is 1. The number of rotatable bonds is 3. The maximum atomic E-state index is 10.5. The quantitative estimate of drug-likeness (QED) is 0.899. The number of carbonyl (C=O) groups is 1. The van der Waals surface area contributed by atoms with Crippen LogP contribution in [-0.4, -0.2) is 16.1 Å². The smallest absolute Gasteiger partial charge is 0.303 e. The molecule has 0 aliphatic rings. The summed E-state index contributed by atoms with van der Waals surface area (Å²) in [7, 11) is 0. The number of aryl methyl sites for hydroxylation is 1. The third-order valence-electron chi connectivity index (χ3n) is 2.35. The first-order valence-corrected chi connectivity index (χ1v) is 5.44. The molecule has 0 aliphatic heterocycles. The van der Waals surface area contributed by atoms with E-state index < -0.39 is 5.97 Å². The Bertz CT molecular complexity index is 504. The number of carboxylic acid groups (broad SMARTS) is 1. The minimum absolute atomic E-state index is 0.153. The fourth-order valence-corrected chi connectivity index (χ4v) is 2.27. The van der Waals surface area contributed by atoms with Gasteiger partial charge in [-0.05, 0) is 34.0 Å². The Morgan fingerprint density at radius 3 is 2.87 bits per heavy atom. The molecule has 15 heavy (non-hydrogen) atoms. The summed E-state index contributed by atoms with van der Waals surface area (Å²) in [5, 5.41) is 9.74. The average Bonchev–Trinajstić information content (AvgIpc) is 2.50. The van der Waals surface area contributed by atoms with E-state index >= 15 is 0 Å². The van der Waals surface area contributed by atoms with Crippen molar-refractivity contribution in [3.8, 4) is 0 Å². The first-order chi connectivity index (χ1) is 7.18. The minimum Gasteiger partial charge on any atom is -0.481 e. The van der Waals surface area contributed by atoms with Gasteiger partial charge in [-0.15, -0.1) is 0 Å². The average molecular weight is 268 g/mol. The summed E-state index contributed by atoms with van der Waals surface area (Å²) in [6, 6.07) is 7.87. The Kier molecular flexibility index (Phi) is 2.77. The molecule has 2 aromatic rings. The lowest BCUT2D eigenvalue weighted by Gasteiger charge is -1.97. The van der Waals surface area contributed by atoms with E-state index in [2.05, 4.69) is 20.9 Å². The largest absolute Gasteiger partial charge is 0.481 e. The number of benzene rings is 1. The summed E-state index contributed by atoms with van der Waals surface area (Å²) in [5.41, 5.74) is 2.07. The first-order valence-electron chi connectivity index (χ1n) is 4.65. The molecule has 0 atom stereocenters. The molecular formula is C11H10BrNO2. The Hall–Kier alpha value is -1.29. The lowest BCUT2D eigenvalue weighted by Crippen LogP contribution is -1.97. The number of hydrogen-bond donors (Lipinski definition) is 2. The Morgan fingerprint density at radius 2 is 2.13 bits per heavy atom. The highest BCUT2D eigenvalue weighted by atomic mass is 79.9. The maximum Gasteiger partial charge on any atom is 0.303 e. The van der Waals surface area contributed by atoms with Crippen LogP contribution in [0.1, 0.15) is 12.0 Å². The molecule has 0 fully saturated rings. The van der Waals surface area contributed by atoms with Crippen LogP contribution in [-0.2, 0) is 11.2 Å². The Balaban J connectivity index is 2.40. The zero-order valence-electron chi connectivity index (χ0n) is 7.96. The molecule has 0 bridgehead atoms. The van der Waals surface area contributed by atoms with Crippen LogP contribution in [0.5, 0.6) is 0 Å². The van der Waals surface area contributed by atoms with Crippen LogP contribution in [0.3, 0.4) is 0 Å². The molecular weight excluding hydrogens is 258 g/mol. The highest BCUT2D eigenvalue weighted by molar-refractivity contribution is 9.10. The Morgan fingerprint density at radius 1 is 1.40 bits per heavy atom. The van der Waals surface area contributed by atoms with Gasteiger partial charge in [0.25, 0.3) is 0 Å². The second-order valence-electron chi connectivity index (χ2n) is 3.36. The van der Waals surface area contributed by atoms with Crippen molar-refractivity contribution in [2.24, 2.45) is 0 Å². The molecule has 3 nitrogen and oxygen atoms in total. The zero-order valence-corrected chi connectivity index (χ0v) is 9.54. The molecule has 2 N–H and O–H groups in total. The standard InChI is InChI=1S/C11H10BrNO2/c12-11-8(5-6-10(14)15)7-3-1-2-4-9(7)13-11/h1-4,13H,5-6H2,(H,14,15). The van der Waals surface area contributed by atoms with E-state index in [-0.39, 0.29) is 6.42 Å². The lowest BCUT2D eigenvalue weighted by atomic mass is 10.1. The summed E-state index contributed by atoms with van der Waals surface area (Å²) in [4.78, 5) is 13.7. The number of aromatic nitrogens is 1. The fourth-order valence-electron chi connectivity index (χ4n) is 1.64. The van der Waals surface area contributed by atoms with Crippen LogP contribution >= 0.6 is 15.9 Å². The maximum absolute atomic E-state index is 10.5. The van der Waals surface area contributed by atoms with Gasteiger partial charge in [0.15, 0.2) is 0 Å². The van der Waals surface area contributed by atoms with E-state index in [9.17, 15) is 4.79 Å². The van der Waals surface area contributed by atoms with E-state index in [1.807, 2.05) is 24.3 Å². The van der Waals surface area contributed by atoms with Gasteiger partial charge in [0.1, 0.15) is 0 Å². The summed E-state index contributed by atoms with van der Waals surface area (Å²) in [5.74, 6) is -0.771. The van der Waals surface area contributed by atoms with Crippen LogP contribution < -0.4 is 0 Å². The molecule has 0 amide bonds. The van der Waals surface area contributed by atoms with Gasteiger partial charge in [-0.3, -0.25) is 4.79 Å².